The smallest absolute Gasteiger partial charge is 0.253 e. The van der Waals surface area contributed by atoms with Crippen LogP contribution in [0.3, 0.4) is 0 Å². The Kier molecular flexibility index (Phi) is 10.2. The van der Waals surface area contributed by atoms with Crippen molar-refractivity contribution in [3.05, 3.63) is 12.2 Å². The molecule has 1 heterocycles. The molecule has 0 bridgehead atoms. The quantitative estimate of drug-likeness (QED) is 0.330. The molecule has 0 unspecified atom stereocenters. The Morgan fingerprint density at radius 1 is 0.962 bits per heavy atom. The number of rotatable bonds is 13. The molecule has 0 atom stereocenters. The second-order valence-electron chi connectivity index (χ2n) is 5.96. The molecule has 1 aliphatic rings. The molecule has 1 rings (SSSR count). The molecule has 0 aromatic carbocycles. The van der Waals surface area contributed by atoms with Gasteiger partial charge in [0.05, 0.1) is 26.4 Å². The van der Waals surface area contributed by atoms with Crippen LogP contribution in [0, 0.1) is 0 Å². The molecular formula is C17H27N3O6. The summed E-state index contributed by atoms with van der Waals surface area (Å²) in [6.45, 7) is 5.58. The first kappa shape index (κ1) is 21.8. The third-order valence-corrected chi connectivity index (χ3v) is 3.33. The summed E-state index contributed by atoms with van der Waals surface area (Å²) in [4.78, 5) is 46.7. The van der Waals surface area contributed by atoms with Crippen molar-refractivity contribution < 1.29 is 28.7 Å². The lowest BCUT2D eigenvalue weighted by Gasteiger charge is -2.13. The Labute approximate surface area is 153 Å². The van der Waals surface area contributed by atoms with Crippen molar-refractivity contribution in [2.24, 2.45) is 0 Å². The van der Waals surface area contributed by atoms with Crippen LogP contribution in [0.1, 0.15) is 26.7 Å². The highest BCUT2D eigenvalue weighted by molar-refractivity contribution is 6.13. The van der Waals surface area contributed by atoms with Gasteiger partial charge in [-0.25, -0.2) is 0 Å². The molecule has 0 spiro atoms. The maximum atomic E-state index is 11.6. The Hall–Kier alpha value is -2.26. The van der Waals surface area contributed by atoms with Crippen molar-refractivity contribution in [1.29, 1.82) is 0 Å². The first-order chi connectivity index (χ1) is 12.4. The van der Waals surface area contributed by atoms with Gasteiger partial charge in [-0.2, -0.15) is 0 Å². The molecule has 4 amide bonds. The molecule has 0 fully saturated rings. The summed E-state index contributed by atoms with van der Waals surface area (Å²) in [5, 5.41) is 5.41. The Balaban J connectivity index is 1.91. The largest absolute Gasteiger partial charge is 0.379 e. The van der Waals surface area contributed by atoms with Crippen LogP contribution in [0.15, 0.2) is 12.2 Å². The van der Waals surface area contributed by atoms with Gasteiger partial charge in [0.1, 0.15) is 0 Å². The molecule has 0 radical (unpaired) electrons. The Bertz CT molecular complexity index is 515. The third kappa shape index (κ3) is 9.28. The predicted octanol–water partition coefficient (Wildman–Crippen LogP) is -0.634. The van der Waals surface area contributed by atoms with Gasteiger partial charge >= 0.3 is 0 Å². The number of hydrogen-bond acceptors (Lipinski definition) is 6. The second-order valence-corrected chi connectivity index (χ2v) is 5.96. The monoisotopic (exact) mass is 369 g/mol. The molecule has 1 aliphatic heterocycles. The lowest BCUT2D eigenvalue weighted by molar-refractivity contribution is -0.137. The average Bonchev–Trinajstić information content (AvgIpc) is 2.89. The summed E-state index contributed by atoms with van der Waals surface area (Å²) < 4.78 is 10.6. The molecule has 146 valence electrons. The number of ether oxygens (including phenoxy) is 2. The molecule has 9 nitrogen and oxygen atoms in total. The highest BCUT2D eigenvalue weighted by atomic mass is 16.5. The molecule has 0 aromatic rings. The van der Waals surface area contributed by atoms with E-state index in [1.54, 1.807) is 0 Å². The predicted molar refractivity (Wildman–Crippen MR) is 93.0 cm³/mol. The molecule has 0 saturated heterocycles. The van der Waals surface area contributed by atoms with Crippen LogP contribution < -0.4 is 10.6 Å². The highest BCUT2D eigenvalue weighted by Crippen LogP contribution is 2.03. The highest BCUT2D eigenvalue weighted by Gasteiger charge is 2.23. The van der Waals surface area contributed by atoms with Crippen molar-refractivity contribution in [1.82, 2.24) is 15.5 Å². The van der Waals surface area contributed by atoms with Gasteiger partial charge in [-0.1, -0.05) is 0 Å². The number of nitrogens with one attached hydrogen (secondary N) is 2. The third-order valence-electron chi connectivity index (χ3n) is 3.33. The fourth-order valence-corrected chi connectivity index (χ4v) is 2.10. The van der Waals surface area contributed by atoms with Gasteiger partial charge < -0.3 is 20.1 Å². The first-order valence-electron chi connectivity index (χ1n) is 8.65. The molecule has 26 heavy (non-hydrogen) atoms. The topological polar surface area (TPSA) is 114 Å². The van der Waals surface area contributed by atoms with E-state index >= 15 is 0 Å². The molecule has 0 aromatic heterocycles. The Morgan fingerprint density at radius 3 is 2.19 bits per heavy atom. The second kappa shape index (κ2) is 12.2. The summed E-state index contributed by atoms with van der Waals surface area (Å²) in [6.07, 6.45) is 2.74. The van der Waals surface area contributed by atoms with E-state index in [1.165, 1.54) is 12.2 Å². The van der Waals surface area contributed by atoms with E-state index in [1.807, 2.05) is 13.8 Å². The van der Waals surface area contributed by atoms with Crippen LogP contribution in [0.4, 0.5) is 0 Å². The van der Waals surface area contributed by atoms with Gasteiger partial charge in [-0.05, 0) is 13.8 Å². The maximum Gasteiger partial charge on any atom is 0.253 e. The molecule has 0 saturated carbocycles. The van der Waals surface area contributed by atoms with E-state index < -0.39 is 11.8 Å². The molecule has 9 heteroatoms. The number of amides is 4. The van der Waals surface area contributed by atoms with E-state index in [-0.39, 0.29) is 30.8 Å². The van der Waals surface area contributed by atoms with E-state index in [0.29, 0.717) is 39.4 Å². The van der Waals surface area contributed by atoms with Gasteiger partial charge in [-0.15, -0.1) is 0 Å². The minimum atomic E-state index is -0.396. The minimum absolute atomic E-state index is 0.0447. The van der Waals surface area contributed by atoms with Crippen molar-refractivity contribution in [2.45, 2.75) is 32.7 Å². The van der Waals surface area contributed by atoms with Crippen molar-refractivity contribution in [3.63, 3.8) is 0 Å². The lowest BCUT2D eigenvalue weighted by Crippen LogP contribution is -2.35. The Morgan fingerprint density at radius 2 is 1.58 bits per heavy atom. The fraction of sp³-hybridized carbons (Fsp3) is 0.647. The van der Waals surface area contributed by atoms with Crippen molar-refractivity contribution in [2.75, 3.05) is 39.5 Å². The zero-order valence-corrected chi connectivity index (χ0v) is 15.3. The van der Waals surface area contributed by atoms with Gasteiger partial charge in [0.2, 0.25) is 11.8 Å². The number of imide groups is 1. The van der Waals surface area contributed by atoms with Crippen molar-refractivity contribution >= 4 is 23.6 Å². The fourth-order valence-electron chi connectivity index (χ4n) is 2.10. The van der Waals surface area contributed by atoms with Crippen LogP contribution in [0.2, 0.25) is 0 Å². The van der Waals surface area contributed by atoms with Crippen LogP contribution in [-0.2, 0) is 28.7 Å². The minimum Gasteiger partial charge on any atom is -0.379 e. The van der Waals surface area contributed by atoms with E-state index in [4.69, 9.17) is 9.47 Å². The molecule has 2 N–H and O–H groups in total. The van der Waals surface area contributed by atoms with Crippen LogP contribution in [-0.4, -0.2) is 74.1 Å². The number of hydrogen-bond donors (Lipinski definition) is 2. The van der Waals surface area contributed by atoms with Crippen LogP contribution >= 0.6 is 0 Å². The van der Waals surface area contributed by atoms with Gasteiger partial charge in [-0.3, -0.25) is 24.1 Å². The lowest BCUT2D eigenvalue weighted by atomic mass is 10.3. The maximum absolute atomic E-state index is 11.6. The number of carbonyl (C=O) groups excluding carboxylic acids is 4. The van der Waals surface area contributed by atoms with E-state index in [0.717, 1.165) is 4.90 Å². The number of carbonyl (C=O) groups is 4. The van der Waals surface area contributed by atoms with Gasteiger partial charge in [0.25, 0.3) is 11.8 Å². The van der Waals surface area contributed by atoms with Crippen LogP contribution in [0.25, 0.3) is 0 Å². The van der Waals surface area contributed by atoms with E-state index in [9.17, 15) is 19.2 Å². The van der Waals surface area contributed by atoms with Crippen LogP contribution in [0.5, 0.6) is 0 Å². The zero-order chi connectivity index (χ0) is 19.4. The SMILES string of the molecule is CC(C)NC(=O)CCOCCOCCNC(=O)CCN1C(=O)C=CC1=O. The number of nitrogens with zero attached hydrogens (tertiary/aromatic N) is 1. The summed E-state index contributed by atoms with van der Waals surface area (Å²) in [7, 11) is 0. The zero-order valence-electron chi connectivity index (χ0n) is 15.3. The van der Waals surface area contributed by atoms with E-state index in [2.05, 4.69) is 10.6 Å². The molecular weight excluding hydrogens is 342 g/mol. The summed E-state index contributed by atoms with van der Waals surface area (Å²) in [5.74, 6) is -1.09. The molecule has 0 aliphatic carbocycles. The summed E-state index contributed by atoms with van der Waals surface area (Å²) >= 11 is 0. The summed E-state index contributed by atoms with van der Waals surface area (Å²) in [5.41, 5.74) is 0. The average molecular weight is 369 g/mol. The summed E-state index contributed by atoms with van der Waals surface area (Å²) in [6, 6.07) is 0.119. The normalized spacial score (nSPS) is 13.6. The van der Waals surface area contributed by atoms with Gasteiger partial charge in [0.15, 0.2) is 0 Å². The standard InChI is InChI=1S/C17H27N3O6/c1-13(2)19-15(22)6-9-25-11-12-26-10-7-18-14(21)5-8-20-16(23)3-4-17(20)24/h3-4,13H,5-12H2,1-2H3,(H,18,21)(H,19,22). The van der Waals surface area contributed by atoms with Crippen molar-refractivity contribution in [3.8, 4) is 0 Å². The van der Waals surface area contributed by atoms with Gasteiger partial charge in [0, 0.05) is 44.1 Å². The first-order valence-corrected chi connectivity index (χ1v) is 8.65.